The molecule has 1 aliphatic rings. The lowest BCUT2D eigenvalue weighted by atomic mass is 10.0. The lowest BCUT2D eigenvalue weighted by Gasteiger charge is -2.28. The summed E-state index contributed by atoms with van der Waals surface area (Å²) in [4.78, 5) is 27.8. The standard InChI is InChI=1S/C27H36FN3O3/c1-27(2,3)34-19-30-22(16-21-12-7-8-13-23(21)28)17-25(32)31-15-9-14-24(31)26(33)29-18-20-10-5-4-6-11-20/h4-8,10-13,22,24,30H,9,14-19H2,1-3H3,(H,29,33)/t22-,24+/m1/s1. The topological polar surface area (TPSA) is 70.7 Å². The van der Waals surface area contributed by atoms with E-state index in [4.69, 9.17) is 4.74 Å². The number of nitrogens with one attached hydrogen (secondary N) is 2. The van der Waals surface area contributed by atoms with E-state index in [1.807, 2.05) is 51.1 Å². The molecule has 34 heavy (non-hydrogen) atoms. The first kappa shape index (κ1) is 25.8. The molecule has 6 nitrogen and oxygen atoms in total. The highest BCUT2D eigenvalue weighted by atomic mass is 19.1. The Morgan fingerprint density at radius 3 is 2.53 bits per heavy atom. The van der Waals surface area contributed by atoms with Gasteiger partial charge in [0.25, 0.3) is 0 Å². The van der Waals surface area contributed by atoms with Crippen LogP contribution in [0.4, 0.5) is 4.39 Å². The number of carbonyl (C=O) groups excluding carboxylic acids is 2. The highest BCUT2D eigenvalue weighted by Crippen LogP contribution is 2.20. The van der Waals surface area contributed by atoms with Gasteiger partial charge in [-0.2, -0.15) is 0 Å². The molecule has 0 aromatic heterocycles. The van der Waals surface area contributed by atoms with Gasteiger partial charge in [-0.15, -0.1) is 0 Å². The molecule has 1 fully saturated rings. The van der Waals surface area contributed by atoms with E-state index in [1.54, 1.807) is 23.1 Å². The molecule has 2 atom stereocenters. The van der Waals surface area contributed by atoms with Crippen molar-refractivity contribution in [3.05, 3.63) is 71.5 Å². The van der Waals surface area contributed by atoms with Crippen LogP contribution in [0.15, 0.2) is 54.6 Å². The summed E-state index contributed by atoms with van der Waals surface area (Å²) in [6.07, 6.45) is 1.94. The van der Waals surface area contributed by atoms with Gasteiger partial charge in [0.1, 0.15) is 11.9 Å². The second-order valence-corrected chi connectivity index (χ2v) is 9.75. The number of halogens is 1. The SMILES string of the molecule is CC(C)(C)OCN[C@@H](CC(=O)N1CCC[C@H]1C(=O)NCc1ccccc1)Cc1ccccc1F. The first-order chi connectivity index (χ1) is 16.2. The third kappa shape index (κ3) is 7.92. The largest absolute Gasteiger partial charge is 0.361 e. The summed E-state index contributed by atoms with van der Waals surface area (Å²) in [5.41, 5.74) is 1.22. The van der Waals surface area contributed by atoms with Crippen molar-refractivity contribution < 1.29 is 18.7 Å². The van der Waals surface area contributed by atoms with Gasteiger partial charge in [0, 0.05) is 25.6 Å². The Hall–Kier alpha value is -2.77. The molecule has 0 aliphatic carbocycles. The zero-order valence-electron chi connectivity index (χ0n) is 20.4. The van der Waals surface area contributed by atoms with Crippen LogP contribution in [0.2, 0.25) is 0 Å². The molecule has 184 valence electrons. The first-order valence-electron chi connectivity index (χ1n) is 11.9. The summed E-state index contributed by atoms with van der Waals surface area (Å²) < 4.78 is 20.1. The molecule has 2 aromatic rings. The summed E-state index contributed by atoms with van der Waals surface area (Å²) in [5, 5.41) is 6.22. The van der Waals surface area contributed by atoms with E-state index in [0.717, 1.165) is 12.0 Å². The smallest absolute Gasteiger partial charge is 0.243 e. The van der Waals surface area contributed by atoms with E-state index in [-0.39, 0.29) is 42.4 Å². The maximum atomic E-state index is 14.3. The fraction of sp³-hybridized carbons (Fsp3) is 0.481. The van der Waals surface area contributed by atoms with Crippen molar-refractivity contribution in [1.82, 2.24) is 15.5 Å². The number of ether oxygens (including phenoxy) is 1. The van der Waals surface area contributed by atoms with Crippen LogP contribution in [-0.2, 0) is 27.3 Å². The predicted molar refractivity (Wildman–Crippen MR) is 130 cm³/mol. The minimum absolute atomic E-state index is 0.109. The quantitative estimate of drug-likeness (QED) is 0.520. The molecular formula is C27H36FN3O3. The summed E-state index contributed by atoms with van der Waals surface area (Å²) in [7, 11) is 0. The Labute approximate surface area is 201 Å². The zero-order chi connectivity index (χ0) is 24.6. The number of amides is 2. The lowest BCUT2D eigenvalue weighted by molar-refractivity contribution is -0.139. The number of nitrogens with zero attached hydrogens (tertiary/aromatic N) is 1. The molecule has 0 radical (unpaired) electrons. The molecule has 7 heteroatoms. The van der Waals surface area contributed by atoms with Crippen LogP contribution in [0.25, 0.3) is 0 Å². The van der Waals surface area contributed by atoms with Crippen molar-refractivity contribution in [2.75, 3.05) is 13.3 Å². The van der Waals surface area contributed by atoms with E-state index >= 15 is 0 Å². The van der Waals surface area contributed by atoms with Crippen LogP contribution in [0.3, 0.4) is 0 Å². The Bertz CT molecular complexity index is 946. The van der Waals surface area contributed by atoms with E-state index in [1.165, 1.54) is 6.07 Å². The Morgan fingerprint density at radius 2 is 1.82 bits per heavy atom. The maximum Gasteiger partial charge on any atom is 0.243 e. The molecule has 3 rings (SSSR count). The third-order valence-electron chi connectivity index (χ3n) is 5.91. The normalized spacial score (nSPS) is 16.9. The van der Waals surface area contributed by atoms with Gasteiger partial charge >= 0.3 is 0 Å². The van der Waals surface area contributed by atoms with Gasteiger partial charge in [-0.25, -0.2) is 4.39 Å². The van der Waals surface area contributed by atoms with Crippen molar-refractivity contribution in [1.29, 1.82) is 0 Å². The fourth-order valence-electron chi connectivity index (χ4n) is 4.09. The number of rotatable bonds is 10. The molecule has 1 heterocycles. The average Bonchev–Trinajstić information content (AvgIpc) is 3.29. The van der Waals surface area contributed by atoms with Crippen molar-refractivity contribution in [3.63, 3.8) is 0 Å². The number of hydrogen-bond donors (Lipinski definition) is 2. The summed E-state index contributed by atoms with van der Waals surface area (Å²) in [5.74, 6) is -0.538. The molecule has 0 unspecified atom stereocenters. The van der Waals surface area contributed by atoms with Crippen LogP contribution in [0.5, 0.6) is 0 Å². The van der Waals surface area contributed by atoms with Gasteiger partial charge in [0.2, 0.25) is 11.8 Å². The molecule has 0 bridgehead atoms. The molecule has 1 aliphatic heterocycles. The first-order valence-corrected chi connectivity index (χ1v) is 11.9. The number of likely N-dealkylation sites (tertiary alicyclic amines) is 1. The van der Waals surface area contributed by atoms with Gasteiger partial charge in [0.05, 0.1) is 12.3 Å². The Balaban J connectivity index is 1.62. The zero-order valence-corrected chi connectivity index (χ0v) is 20.4. The van der Waals surface area contributed by atoms with Gasteiger partial charge in [-0.1, -0.05) is 48.5 Å². The van der Waals surface area contributed by atoms with E-state index in [2.05, 4.69) is 10.6 Å². The minimum atomic E-state index is -0.476. The molecular weight excluding hydrogens is 433 g/mol. The molecule has 0 saturated carbocycles. The van der Waals surface area contributed by atoms with Crippen LogP contribution >= 0.6 is 0 Å². The van der Waals surface area contributed by atoms with Crippen molar-refractivity contribution in [2.45, 2.75) is 70.7 Å². The molecule has 2 aromatic carbocycles. The van der Waals surface area contributed by atoms with Gasteiger partial charge < -0.3 is 15.0 Å². The summed E-state index contributed by atoms with van der Waals surface area (Å²) in [6, 6.07) is 15.5. The molecule has 1 saturated heterocycles. The second kappa shape index (κ2) is 12.1. The number of hydrogen-bond acceptors (Lipinski definition) is 4. The highest BCUT2D eigenvalue weighted by molar-refractivity contribution is 5.88. The number of benzene rings is 2. The van der Waals surface area contributed by atoms with Crippen LogP contribution < -0.4 is 10.6 Å². The van der Waals surface area contributed by atoms with E-state index in [9.17, 15) is 14.0 Å². The fourth-order valence-corrected chi connectivity index (χ4v) is 4.09. The predicted octanol–water partition coefficient (Wildman–Crippen LogP) is 3.80. The monoisotopic (exact) mass is 469 g/mol. The van der Waals surface area contributed by atoms with E-state index in [0.29, 0.717) is 31.5 Å². The summed E-state index contributed by atoms with van der Waals surface area (Å²) in [6.45, 7) is 7.08. The van der Waals surface area contributed by atoms with Gasteiger partial charge in [-0.05, 0) is 57.2 Å². The third-order valence-corrected chi connectivity index (χ3v) is 5.91. The van der Waals surface area contributed by atoms with Crippen LogP contribution in [-0.4, -0.2) is 47.7 Å². The average molecular weight is 470 g/mol. The van der Waals surface area contributed by atoms with Crippen molar-refractivity contribution in [2.24, 2.45) is 0 Å². The Kier molecular flexibility index (Phi) is 9.19. The van der Waals surface area contributed by atoms with Crippen molar-refractivity contribution >= 4 is 11.8 Å². The van der Waals surface area contributed by atoms with Crippen molar-refractivity contribution in [3.8, 4) is 0 Å². The van der Waals surface area contributed by atoms with Gasteiger partial charge in [0.15, 0.2) is 0 Å². The summed E-state index contributed by atoms with van der Waals surface area (Å²) >= 11 is 0. The minimum Gasteiger partial charge on any atom is -0.361 e. The number of carbonyl (C=O) groups is 2. The molecule has 2 N–H and O–H groups in total. The Morgan fingerprint density at radius 1 is 1.12 bits per heavy atom. The van der Waals surface area contributed by atoms with Crippen LogP contribution in [0, 0.1) is 5.82 Å². The van der Waals surface area contributed by atoms with Gasteiger partial charge in [-0.3, -0.25) is 14.9 Å². The lowest BCUT2D eigenvalue weighted by Crippen LogP contribution is -2.48. The molecule has 0 spiro atoms. The highest BCUT2D eigenvalue weighted by Gasteiger charge is 2.34. The maximum absolute atomic E-state index is 14.3. The second-order valence-electron chi connectivity index (χ2n) is 9.75. The van der Waals surface area contributed by atoms with Crippen LogP contribution in [0.1, 0.15) is 51.2 Å². The van der Waals surface area contributed by atoms with E-state index < -0.39 is 6.04 Å². The molecule has 2 amide bonds.